The number of nitrogens with zero attached hydrogens (tertiary/aromatic N) is 5. The van der Waals surface area contributed by atoms with Crippen LogP contribution in [0.25, 0.3) is 11.2 Å². The second kappa shape index (κ2) is 8.88. The zero-order valence-corrected chi connectivity index (χ0v) is 18.7. The third-order valence-corrected chi connectivity index (χ3v) is 7.04. The van der Waals surface area contributed by atoms with E-state index in [1.807, 2.05) is 6.33 Å². The lowest BCUT2D eigenvalue weighted by atomic mass is 9.90. The summed E-state index contributed by atoms with van der Waals surface area (Å²) in [5.41, 5.74) is 5.99. The molecule has 0 spiro atoms. The second-order valence-electron chi connectivity index (χ2n) is 8.59. The highest BCUT2D eigenvalue weighted by Gasteiger charge is 2.24. The van der Waals surface area contributed by atoms with Crippen LogP contribution in [0, 0.1) is 11.7 Å². The average molecular weight is 463 g/mol. The van der Waals surface area contributed by atoms with Crippen LogP contribution in [0.4, 0.5) is 10.2 Å². The molecule has 1 aromatic carbocycles. The lowest BCUT2D eigenvalue weighted by Gasteiger charge is -2.32. The van der Waals surface area contributed by atoms with Gasteiger partial charge < -0.3 is 9.99 Å². The Morgan fingerprint density at radius 1 is 1.06 bits per heavy atom. The summed E-state index contributed by atoms with van der Waals surface area (Å²) in [4.78, 5) is 13.5. The van der Waals surface area contributed by atoms with E-state index in [1.54, 1.807) is 6.07 Å². The van der Waals surface area contributed by atoms with E-state index in [2.05, 4.69) is 30.0 Å². The van der Waals surface area contributed by atoms with Crippen LogP contribution >= 0.6 is 23.2 Å². The molecule has 3 aromatic rings. The number of rotatable bonds is 5. The van der Waals surface area contributed by atoms with Crippen molar-refractivity contribution in [1.29, 1.82) is 0 Å². The Bertz CT molecular complexity index is 1070. The molecule has 31 heavy (non-hydrogen) atoms. The molecular weight excluding hydrogens is 438 g/mol. The molecule has 1 saturated heterocycles. The highest BCUT2D eigenvalue weighted by molar-refractivity contribution is 6.31. The van der Waals surface area contributed by atoms with Gasteiger partial charge in [0.15, 0.2) is 17.0 Å². The van der Waals surface area contributed by atoms with Gasteiger partial charge in [0.2, 0.25) is 5.28 Å². The van der Waals surface area contributed by atoms with Crippen LogP contribution in [0.1, 0.15) is 50.1 Å². The number of anilines is 1. The topological polar surface area (TPSA) is 58.9 Å². The monoisotopic (exact) mass is 462 g/mol. The summed E-state index contributed by atoms with van der Waals surface area (Å²) in [6.45, 7) is 1.74. The molecule has 2 fully saturated rings. The van der Waals surface area contributed by atoms with E-state index in [1.165, 1.54) is 25.0 Å². The Balaban J connectivity index is 1.26. The summed E-state index contributed by atoms with van der Waals surface area (Å²) in [7, 11) is 0. The Morgan fingerprint density at radius 3 is 2.58 bits per heavy atom. The van der Waals surface area contributed by atoms with Crippen molar-refractivity contribution in [3.63, 3.8) is 0 Å². The summed E-state index contributed by atoms with van der Waals surface area (Å²) >= 11 is 12.5. The fourth-order valence-electron chi connectivity index (χ4n) is 4.81. The zero-order valence-electron chi connectivity index (χ0n) is 17.2. The van der Waals surface area contributed by atoms with Crippen molar-refractivity contribution >= 4 is 40.2 Å². The number of fused-ring (bicyclic) bond motifs is 1. The van der Waals surface area contributed by atoms with E-state index in [0.29, 0.717) is 22.8 Å². The first-order valence-electron chi connectivity index (χ1n) is 10.9. The van der Waals surface area contributed by atoms with Crippen LogP contribution < -0.4 is 5.43 Å². The lowest BCUT2D eigenvalue weighted by molar-refractivity contribution is 0.216. The molecule has 0 unspecified atom stereocenters. The molecule has 0 bridgehead atoms. The molecule has 1 N–H and O–H groups in total. The fourth-order valence-corrected chi connectivity index (χ4v) is 5.22. The molecule has 6 nitrogen and oxygen atoms in total. The standard InChI is InChI=1S/C22H25Cl2FN6/c23-18-12-16(25)6-5-15(18)11-14-7-9-30(10-8-14)29-20-19-21(28-22(24)27-20)31(13-26-19)17-3-1-2-4-17/h5-6,12-14,17H,1-4,7-11H2,(H,27,28,29). The molecule has 1 aliphatic heterocycles. The quantitative estimate of drug-likeness (QED) is 0.495. The number of hydrogen-bond acceptors (Lipinski definition) is 5. The van der Waals surface area contributed by atoms with Crippen LogP contribution in [-0.2, 0) is 6.42 Å². The van der Waals surface area contributed by atoms with Gasteiger partial charge in [0, 0.05) is 24.2 Å². The minimum Gasteiger partial charge on any atom is -0.312 e. The number of hydrogen-bond donors (Lipinski definition) is 1. The minimum absolute atomic E-state index is 0.232. The van der Waals surface area contributed by atoms with Crippen molar-refractivity contribution < 1.29 is 4.39 Å². The van der Waals surface area contributed by atoms with Gasteiger partial charge >= 0.3 is 0 Å². The largest absolute Gasteiger partial charge is 0.312 e. The number of imidazole rings is 1. The molecule has 9 heteroatoms. The molecule has 0 amide bonds. The Kier molecular flexibility index (Phi) is 5.99. The van der Waals surface area contributed by atoms with Crippen LogP contribution in [0.3, 0.4) is 0 Å². The number of hydrazine groups is 1. The predicted molar refractivity (Wildman–Crippen MR) is 121 cm³/mol. The molecular formula is C22H25Cl2FN6. The SMILES string of the molecule is Fc1ccc(CC2CCN(Nc3nc(Cl)nc4c3ncn4C3CCCC3)CC2)c(Cl)c1. The predicted octanol–water partition coefficient (Wildman–Crippen LogP) is 5.67. The molecule has 0 atom stereocenters. The Morgan fingerprint density at radius 2 is 1.84 bits per heavy atom. The molecule has 164 valence electrons. The van der Waals surface area contributed by atoms with E-state index < -0.39 is 0 Å². The molecule has 2 aliphatic rings. The number of piperidine rings is 1. The van der Waals surface area contributed by atoms with Gasteiger partial charge in [-0.15, -0.1) is 0 Å². The third-order valence-electron chi connectivity index (χ3n) is 6.51. The van der Waals surface area contributed by atoms with E-state index in [-0.39, 0.29) is 11.1 Å². The van der Waals surface area contributed by atoms with Crippen LogP contribution in [0.15, 0.2) is 24.5 Å². The summed E-state index contributed by atoms with van der Waals surface area (Å²) in [5, 5.41) is 2.90. The van der Waals surface area contributed by atoms with E-state index in [0.717, 1.165) is 61.9 Å². The maximum Gasteiger partial charge on any atom is 0.226 e. The van der Waals surface area contributed by atoms with Crippen molar-refractivity contribution in [3.05, 3.63) is 46.2 Å². The smallest absolute Gasteiger partial charge is 0.226 e. The molecule has 1 aliphatic carbocycles. The Labute approximate surface area is 190 Å². The van der Waals surface area contributed by atoms with Crippen molar-refractivity contribution in [2.75, 3.05) is 18.5 Å². The van der Waals surface area contributed by atoms with Gasteiger partial charge in [0.1, 0.15) is 5.82 Å². The number of benzene rings is 1. The van der Waals surface area contributed by atoms with Gasteiger partial charge in [0.25, 0.3) is 0 Å². The summed E-state index contributed by atoms with van der Waals surface area (Å²) < 4.78 is 15.4. The Hall–Kier alpha value is -1.96. The molecule has 3 heterocycles. The van der Waals surface area contributed by atoms with Crippen molar-refractivity contribution in [3.8, 4) is 0 Å². The summed E-state index contributed by atoms with van der Waals surface area (Å²) in [6, 6.07) is 5.11. The molecule has 2 aromatic heterocycles. The first-order valence-corrected chi connectivity index (χ1v) is 11.7. The molecule has 1 saturated carbocycles. The van der Waals surface area contributed by atoms with Crippen molar-refractivity contribution in [1.82, 2.24) is 24.5 Å². The second-order valence-corrected chi connectivity index (χ2v) is 9.33. The zero-order chi connectivity index (χ0) is 21.4. The van der Waals surface area contributed by atoms with E-state index >= 15 is 0 Å². The summed E-state index contributed by atoms with van der Waals surface area (Å²) in [5.74, 6) is 0.876. The van der Waals surface area contributed by atoms with Gasteiger partial charge in [-0.05, 0) is 67.3 Å². The normalized spacial score (nSPS) is 18.8. The average Bonchev–Trinajstić information content (AvgIpc) is 3.41. The minimum atomic E-state index is -0.294. The van der Waals surface area contributed by atoms with Gasteiger partial charge in [-0.3, -0.25) is 0 Å². The maximum absolute atomic E-state index is 13.3. The highest BCUT2D eigenvalue weighted by atomic mass is 35.5. The summed E-state index contributed by atoms with van der Waals surface area (Å²) in [6.07, 6.45) is 9.55. The number of halogens is 3. The van der Waals surface area contributed by atoms with Gasteiger partial charge in [0.05, 0.1) is 6.33 Å². The maximum atomic E-state index is 13.3. The highest BCUT2D eigenvalue weighted by Crippen LogP contribution is 2.33. The number of aromatic nitrogens is 4. The number of nitrogens with one attached hydrogen (secondary N) is 1. The van der Waals surface area contributed by atoms with Crippen molar-refractivity contribution in [2.45, 2.75) is 51.0 Å². The van der Waals surface area contributed by atoms with Crippen LogP contribution in [-0.4, -0.2) is 37.6 Å². The molecule has 5 rings (SSSR count). The third kappa shape index (κ3) is 4.49. The first-order chi connectivity index (χ1) is 15.1. The molecule has 0 radical (unpaired) electrons. The first kappa shape index (κ1) is 20.9. The van der Waals surface area contributed by atoms with Gasteiger partial charge in [-0.2, -0.15) is 9.97 Å². The van der Waals surface area contributed by atoms with Gasteiger partial charge in [-0.25, -0.2) is 14.4 Å². The van der Waals surface area contributed by atoms with E-state index in [4.69, 9.17) is 23.2 Å². The van der Waals surface area contributed by atoms with Crippen LogP contribution in [0.5, 0.6) is 0 Å². The van der Waals surface area contributed by atoms with E-state index in [9.17, 15) is 4.39 Å². The fraction of sp³-hybridized carbons (Fsp3) is 0.500. The van der Waals surface area contributed by atoms with Crippen LogP contribution in [0.2, 0.25) is 10.3 Å². The van der Waals surface area contributed by atoms with Crippen molar-refractivity contribution in [2.24, 2.45) is 5.92 Å². The van der Waals surface area contributed by atoms with Gasteiger partial charge in [-0.1, -0.05) is 30.5 Å². The lowest BCUT2D eigenvalue weighted by Crippen LogP contribution is -2.38.